The molecule has 0 spiro atoms. The number of carbonyl (C=O) groups is 1. The van der Waals surface area contributed by atoms with E-state index >= 15 is 0 Å². The van der Waals surface area contributed by atoms with Crippen LogP contribution >= 0.6 is 0 Å². The Hall–Kier alpha value is -3.29. The van der Waals surface area contributed by atoms with E-state index in [9.17, 15) is 15.2 Å². The molecule has 0 saturated carbocycles. The molecule has 0 amide bonds. The molecule has 1 atom stereocenters. The Labute approximate surface area is 176 Å². The molecule has 8 heteroatoms. The summed E-state index contributed by atoms with van der Waals surface area (Å²) in [5.74, 6) is 0.0412. The Morgan fingerprint density at radius 1 is 1.07 bits per heavy atom. The van der Waals surface area contributed by atoms with Gasteiger partial charge in [-0.1, -0.05) is 35.8 Å². The van der Waals surface area contributed by atoms with Gasteiger partial charge in [0.25, 0.3) is 0 Å². The van der Waals surface area contributed by atoms with Gasteiger partial charge in [0.2, 0.25) is 0 Å². The topological polar surface area (TPSA) is 110 Å². The van der Waals surface area contributed by atoms with E-state index in [2.05, 4.69) is 10.3 Å². The van der Waals surface area contributed by atoms with Crippen LogP contribution < -0.4 is 9.47 Å². The van der Waals surface area contributed by atoms with Crippen LogP contribution in [0.15, 0.2) is 40.2 Å². The molecule has 8 nitrogen and oxygen atoms in total. The van der Waals surface area contributed by atoms with Gasteiger partial charge in [-0.2, -0.15) is 0 Å². The number of fused-ring (bicyclic) bond motifs is 1. The lowest BCUT2D eigenvalue weighted by Crippen LogP contribution is -2.21. The Morgan fingerprint density at radius 2 is 1.67 bits per heavy atom. The Morgan fingerprint density at radius 3 is 2.13 bits per heavy atom. The van der Waals surface area contributed by atoms with Crippen LogP contribution in [0.2, 0.25) is 0 Å². The van der Waals surface area contributed by atoms with Crippen molar-refractivity contribution in [1.29, 1.82) is 0 Å². The van der Waals surface area contributed by atoms with E-state index in [0.717, 1.165) is 5.57 Å². The van der Waals surface area contributed by atoms with Gasteiger partial charge >= 0.3 is 5.97 Å². The molecule has 0 bridgehead atoms. The van der Waals surface area contributed by atoms with E-state index in [1.54, 1.807) is 19.9 Å². The molecule has 1 aliphatic rings. The van der Waals surface area contributed by atoms with Crippen LogP contribution in [-0.2, 0) is 9.53 Å². The molecule has 1 aliphatic carbocycles. The van der Waals surface area contributed by atoms with Crippen LogP contribution in [0.3, 0.4) is 0 Å². The SMILES string of the molecule is COc1cc([C@@H](CC=C(C)C)OC(=O)C(C)C)c(OC)c2c1C(=NO)C=CC2=NO. The molecule has 162 valence electrons. The van der Waals surface area contributed by atoms with Crippen molar-refractivity contribution in [1.82, 2.24) is 0 Å². The minimum atomic E-state index is -0.663. The van der Waals surface area contributed by atoms with Gasteiger partial charge in [0.05, 0.1) is 31.3 Å². The largest absolute Gasteiger partial charge is 0.496 e. The monoisotopic (exact) mass is 416 g/mol. The lowest BCUT2D eigenvalue weighted by Gasteiger charge is -2.26. The summed E-state index contributed by atoms with van der Waals surface area (Å²) >= 11 is 0. The predicted octanol–water partition coefficient (Wildman–Crippen LogP) is 4.23. The molecule has 0 heterocycles. The summed E-state index contributed by atoms with van der Waals surface area (Å²) in [6, 6.07) is 1.69. The standard InChI is InChI=1S/C22H28N2O6/c1-12(2)7-10-17(30-22(25)13(3)4)14-11-18(28-5)19-15(23-26)8-9-16(24-27)20(19)21(14)29-6/h7-9,11,13,17,26-27H,10H2,1-6H3/t17-/m1/s1. The number of benzene rings is 1. The van der Waals surface area contributed by atoms with Crippen molar-refractivity contribution in [2.75, 3.05) is 14.2 Å². The number of ether oxygens (including phenoxy) is 3. The van der Waals surface area contributed by atoms with Gasteiger partial charge in [-0.3, -0.25) is 4.79 Å². The van der Waals surface area contributed by atoms with Crippen molar-refractivity contribution in [2.24, 2.45) is 16.2 Å². The van der Waals surface area contributed by atoms with Crippen LogP contribution in [0.1, 0.15) is 56.9 Å². The van der Waals surface area contributed by atoms with E-state index < -0.39 is 6.10 Å². The highest BCUT2D eigenvalue weighted by Gasteiger charge is 2.32. The van der Waals surface area contributed by atoms with E-state index in [-0.39, 0.29) is 23.3 Å². The lowest BCUT2D eigenvalue weighted by atomic mass is 9.88. The number of rotatable bonds is 7. The summed E-state index contributed by atoms with van der Waals surface area (Å²) in [5.41, 5.74) is 2.83. The van der Waals surface area contributed by atoms with Crippen molar-refractivity contribution in [2.45, 2.75) is 40.2 Å². The second kappa shape index (κ2) is 9.96. The van der Waals surface area contributed by atoms with E-state index in [1.807, 2.05) is 19.9 Å². The van der Waals surface area contributed by atoms with E-state index in [1.165, 1.54) is 26.4 Å². The maximum absolute atomic E-state index is 12.4. The third-order valence-electron chi connectivity index (χ3n) is 4.64. The molecular weight excluding hydrogens is 388 g/mol. The van der Waals surface area contributed by atoms with Crippen molar-refractivity contribution >= 4 is 17.4 Å². The number of esters is 1. The first-order valence-electron chi connectivity index (χ1n) is 9.54. The molecule has 30 heavy (non-hydrogen) atoms. The minimum Gasteiger partial charge on any atom is -0.496 e. The lowest BCUT2D eigenvalue weighted by molar-refractivity contribution is -0.153. The zero-order valence-electron chi connectivity index (χ0n) is 18.1. The van der Waals surface area contributed by atoms with Crippen LogP contribution in [0, 0.1) is 5.92 Å². The van der Waals surface area contributed by atoms with Gasteiger partial charge in [-0.25, -0.2) is 0 Å². The van der Waals surface area contributed by atoms with Crippen LogP contribution in [0.4, 0.5) is 0 Å². The van der Waals surface area contributed by atoms with Gasteiger partial charge in [-0.05, 0) is 32.1 Å². The van der Waals surface area contributed by atoms with Crippen molar-refractivity contribution in [3.05, 3.63) is 46.6 Å². The number of carbonyl (C=O) groups excluding carboxylic acids is 1. The highest BCUT2D eigenvalue weighted by molar-refractivity contribution is 6.27. The third-order valence-corrected chi connectivity index (χ3v) is 4.64. The molecule has 0 fully saturated rings. The molecular formula is C22H28N2O6. The first-order chi connectivity index (χ1) is 14.3. The molecule has 0 aromatic heterocycles. The highest BCUT2D eigenvalue weighted by Crippen LogP contribution is 2.42. The maximum Gasteiger partial charge on any atom is 0.308 e. The Bertz CT molecular complexity index is 924. The second-order valence-electron chi connectivity index (χ2n) is 7.35. The molecule has 1 aromatic rings. The summed E-state index contributed by atoms with van der Waals surface area (Å²) in [6.45, 7) is 7.43. The average molecular weight is 416 g/mol. The van der Waals surface area contributed by atoms with Gasteiger partial charge in [-0.15, -0.1) is 0 Å². The number of hydrogen-bond acceptors (Lipinski definition) is 8. The number of methoxy groups -OCH3 is 2. The average Bonchev–Trinajstić information content (AvgIpc) is 2.73. The molecule has 0 radical (unpaired) electrons. The first kappa shape index (κ1) is 23.0. The summed E-state index contributed by atoms with van der Waals surface area (Å²) in [7, 11) is 2.94. The molecule has 1 aromatic carbocycles. The zero-order valence-corrected chi connectivity index (χ0v) is 18.1. The smallest absolute Gasteiger partial charge is 0.308 e. The summed E-state index contributed by atoms with van der Waals surface area (Å²) in [6.07, 6.45) is 4.71. The van der Waals surface area contributed by atoms with Gasteiger partial charge in [0, 0.05) is 12.0 Å². The summed E-state index contributed by atoms with van der Waals surface area (Å²) < 4.78 is 17.0. The fourth-order valence-electron chi connectivity index (χ4n) is 3.13. The zero-order chi connectivity index (χ0) is 22.4. The highest BCUT2D eigenvalue weighted by atomic mass is 16.5. The first-order valence-corrected chi connectivity index (χ1v) is 9.54. The van der Waals surface area contributed by atoms with E-state index in [0.29, 0.717) is 34.6 Å². The molecule has 2 rings (SSSR count). The molecule has 0 saturated heterocycles. The predicted molar refractivity (Wildman–Crippen MR) is 113 cm³/mol. The Kier molecular flexibility index (Phi) is 7.63. The third kappa shape index (κ3) is 4.64. The van der Waals surface area contributed by atoms with Gasteiger partial charge < -0.3 is 24.6 Å². The van der Waals surface area contributed by atoms with Crippen LogP contribution in [0.25, 0.3) is 0 Å². The van der Waals surface area contributed by atoms with Gasteiger partial charge in [0.1, 0.15) is 29.0 Å². The number of hydrogen-bond donors (Lipinski definition) is 2. The molecule has 0 aliphatic heterocycles. The normalized spacial score (nSPS) is 16.4. The second-order valence-corrected chi connectivity index (χ2v) is 7.35. The van der Waals surface area contributed by atoms with Crippen molar-refractivity contribution in [3.8, 4) is 11.5 Å². The van der Waals surface area contributed by atoms with E-state index in [4.69, 9.17) is 14.2 Å². The fourth-order valence-corrected chi connectivity index (χ4v) is 3.13. The Balaban J connectivity index is 2.80. The van der Waals surface area contributed by atoms with Crippen molar-refractivity contribution < 1.29 is 29.4 Å². The molecule has 0 unspecified atom stereocenters. The minimum absolute atomic E-state index is 0.200. The summed E-state index contributed by atoms with van der Waals surface area (Å²) in [4.78, 5) is 12.4. The fraction of sp³-hybridized carbons (Fsp3) is 0.409. The number of nitrogens with zero attached hydrogens (tertiary/aromatic N) is 2. The van der Waals surface area contributed by atoms with Crippen LogP contribution in [0.5, 0.6) is 11.5 Å². The van der Waals surface area contributed by atoms with Gasteiger partial charge in [0.15, 0.2) is 0 Å². The molecule has 2 N–H and O–H groups in total. The number of allylic oxidation sites excluding steroid dienone is 3. The summed E-state index contributed by atoms with van der Waals surface area (Å²) in [5, 5.41) is 25.6. The van der Waals surface area contributed by atoms with Crippen molar-refractivity contribution in [3.63, 3.8) is 0 Å². The maximum atomic E-state index is 12.4. The number of oxime groups is 2. The quantitative estimate of drug-likeness (QED) is 0.298. The van der Waals surface area contributed by atoms with Crippen LogP contribution in [-0.4, -0.2) is 42.0 Å².